The number of hydrogen-bond donors (Lipinski definition) is 1. The van der Waals surface area contributed by atoms with Crippen molar-refractivity contribution >= 4 is 49.8 Å². The molecule has 0 spiro atoms. The molecule has 0 atom stereocenters. The molecule has 6 nitrogen and oxygen atoms in total. The fourth-order valence-electron chi connectivity index (χ4n) is 2.58. The monoisotopic (exact) mass is 465 g/mol. The van der Waals surface area contributed by atoms with Crippen molar-refractivity contribution in [3.8, 4) is 11.4 Å². The van der Waals surface area contributed by atoms with E-state index in [4.69, 9.17) is 20.9 Å². The van der Waals surface area contributed by atoms with Gasteiger partial charge in [-0.1, -0.05) is 32.7 Å². The minimum Gasteiger partial charge on any atom is -0.371 e. The lowest BCUT2D eigenvalue weighted by Gasteiger charge is -2.00. The Morgan fingerprint density at radius 2 is 2.15 bits per heavy atom. The minimum absolute atomic E-state index is 0.184. The summed E-state index contributed by atoms with van der Waals surface area (Å²) in [6.07, 6.45) is 0.762. The predicted molar refractivity (Wildman–Crippen MR) is 108 cm³/mol. The summed E-state index contributed by atoms with van der Waals surface area (Å²) in [7, 11) is 0. The average molecular weight is 467 g/mol. The summed E-state index contributed by atoms with van der Waals surface area (Å²) in [6, 6.07) is 11.2. The van der Waals surface area contributed by atoms with E-state index < -0.39 is 0 Å². The number of aromatic nitrogens is 3. The summed E-state index contributed by atoms with van der Waals surface area (Å²) in [5.41, 5.74) is 0.823. The van der Waals surface area contributed by atoms with E-state index in [1.54, 1.807) is 6.07 Å². The lowest BCUT2D eigenvalue weighted by Crippen LogP contribution is -2.09. The zero-order valence-corrected chi connectivity index (χ0v) is 17.0. The Labute approximate surface area is 171 Å². The number of benzene rings is 1. The van der Waals surface area contributed by atoms with Crippen LogP contribution in [0.4, 0.5) is 0 Å². The maximum Gasteiger partial charge on any atom is 0.259 e. The van der Waals surface area contributed by atoms with E-state index in [0.717, 1.165) is 31.0 Å². The number of halogens is 2. The van der Waals surface area contributed by atoms with E-state index in [2.05, 4.69) is 31.1 Å². The van der Waals surface area contributed by atoms with Crippen molar-refractivity contribution < 1.29 is 9.26 Å². The van der Waals surface area contributed by atoms with Crippen LogP contribution in [0.25, 0.3) is 22.3 Å². The van der Waals surface area contributed by atoms with E-state index in [1.165, 1.54) is 11.3 Å². The van der Waals surface area contributed by atoms with Gasteiger partial charge in [0.2, 0.25) is 5.82 Å². The summed E-state index contributed by atoms with van der Waals surface area (Å²) < 4.78 is 12.5. The maximum atomic E-state index is 12.3. The van der Waals surface area contributed by atoms with Crippen LogP contribution < -0.4 is 5.56 Å². The Morgan fingerprint density at radius 3 is 2.96 bits per heavy atom. The van der Waals surface area contributed by atoms with Crippen LogP contribution >= 0.6 is 38.9 Å². The molecule has 0 saturated carbocycles. The summed E-state index contributed by atoms with van der Waals surface area (Å²) in [4.78, 5) is 20.6. The molecular formula is C18H13BrClN3O3S. The number of pyridine rings is 1. The van der Waals surface area contributed by atoms with Gasteiger partial charge in [0.05, 0.1) is 16.5 Å². The average Bonchev–Trinajstić information content (AvgIpc) is 3.27. The molecule has 0 radical (unpaired) electrons. The van der Waals surface area contributed by atoms with Crippen molar-refractivity contribution in [2.45, 2.75) is 13.0 Å². The van der Waals surface area contributed by atoms with Gasteiger partial charge in [-0.3, -0.25) is 4.79 Å². The van der Waals surface area contributed by atoms with Gasteiger partial charge in [-0.25, -0.2) is 0 Å². The molecule has 0 bridgehead atoms. The number of nitrogens with zero attached hydrogens (tertiary/aromatic N) is 2. The normalized spacial score (nSPS) is 11.3. The van der Waals surface area contributed by atoms with Crippen molar-refractivity contribution in [1.29, 1.82) is 0 Å². The fraction of sp³-hybridized carbons (Fsp3) is 0.167. The smallest absolute Gasteiger partial charge is 0.259 e. The number of aromatic amines is 1. The van der Waals surface area contributed by atoms with Crippen LogP contribution in [-0.2, 0) is 17.8 Å². The highest BCUT2D eigenvalue weighted by molar-refractivity contribution is 9.10. The van der Waals surface area contributed by atoms with E-state index in [1.807, 2.05) is 30.3 Å². The quantitative estimate of drug-likeness (QED) is 0.412. The molecule has 1 N–H and O–H groups in total. The highest BCUT2D eigenvalue weighted by Crippen LogP contribution is 2.22. The molecular weight excluding hydrogens is 454 g/mol. The van der Waals surface area contributed by atoms with Gasteiger partial charge in [-0.05, 0) is 36.4 Å². The molecule has 0 aliphatic carbocycles. The lowest BCUT2D eigenvalue weighted by molar-refractivity contribution is 0.100. The van der Waals surface area contributed by atoms with Crippen LogP contribution in [-0.4, -0.2) is 21.7 Å². The van der Waals surface area contributed by atoms with E-state index in [9.17, 15) is 4.79 Å². The molecule has 0 aliphatic heterocycles. The van der Waals surface area contributed by atoms with Crippen LogP contribution in [0.3, 0.4) is 0 Å². The topological polar surface area (TPSA) is 81.0 Å². The molecule has 0 aliphatic rings. The van der Waals surface area contributed by atoms with Gasteiger partial charge in [-0.15, -0.1) is 11.3 Å². The first-order valence-electron chi connectivity index (χ1n) is 8.06. The number of H-pyrrole nitrogens is 1. The largest absolute Gasteiger partial charge is 0.371 e. The van der Waals surface area contributed by atoms with Crippen LogP contribution in [0, 0.1) is 0 Å². The second kappa shape index (κ2) is 7.93. The van der Waals surface area contributed by atoms with E-state index in [0.29, 0.717) is 18.1 Å². The first-order chi connectivity index (χ1) is 13.1. The molecule has 0 fully saturated rings. The molecule has 0 saturated heterocycles. The third kappa shape index (κ3) is 4.30. The van der Waals surface area contributed by atoms with Gasteiger partial charge >= 0.3 is 0 Å². The van der Waals surface area contributed by atoms with Gasteiger partial charge in [0.25, 0.3) is 11.4 Å². The minimum atomic E-state index is -0.271. The Kier molecular flexibility index (Phi) is 5.40. The molecule has 3 heterocycles. The Balaban J connectivity index is 1.45. The molecule has 0 unspecified atom stereocenters. The zero-order valence-electron chi connectivity index (χ0n) is 13.9. The Hall–Kier alpha value is -2.00. The third-order valence-corrected chi connectivity index (χ3v) is 5.65. The molecule has 27 heavy (non-hydrogen) atoms. The first kappa shape index (κ1) is 18.4. The summed E-state index contributed by atoms with van der Waals surface area (Å²) in [5.74, 6) is 0.560. The number of thiophene rings is 1. The fourth-order valence-corrected chi connectivity index (χ4v) is 4.03. The highest BCUT2D eigenvalue weighted by Gasteiger charge is 2.13. The number of nitrogens with one attached hydrogen (secondary N) is 1. The van der Waals surface area contributed by atoms with Gasteiger partial charge in [0.15, 0.2) is 0 Å². The van der Waals surface area contributed by atoms with Gasteiger partial charge in [0, 0.05) is 26.7 Å². The van der Waals surface area contributed by atoms with Gasteiger partial charge in [-0.2, -0.15) is 4.98 Å². The standard InChI is InChI=1S/C18H13BrClN3O3S/c19-11-1-3-14-10(7-11)8-13(18(24)21-14)17-22-16(26-23-17)9-25-6-5-12-2-4-15(20)27-12/h1-4,7-8H,5-6,9H2,(H,21,24). The van der Waals surface area contributed by atoms with Crippen LogP contribution in [0.15, 0.2) is 50.2 Å². The Bertz CT molecular complexity index is 1150. The van der Waals surface area contributed by atoms with Crippen LogP contribution in [0.5, 0.6) is 0 Å². The number of rotatable bonds is 6. The van der Waals surface area contributed by atoms with Gasteiger partial charge < -0.3 is 14.2 Å². The number of hydrogen-bond acceptors (Lipinski definition) is 6. The summed E-state index contributed by atoms with van der Waals surface area (Å²) >= 11 is 10.9. The molecule has 4 aromatic rings. The Morgan fingerprint density at radius 1 is 1.26 bits per heavy atom. The van der Waals surface area contributed by atoms with E-state index >= 15 is 0 Å². The summed E-state index contributed by atoms with van der Waals surface area (Å²) in [5, 5.41) is 4.77. The first-order valence-corrected chi connectivity index (χ1v) is 10.0. The number of fused-ring (bicyclic) bond motifs is 1. The van der Waals surface area contributed by atoms with Crippen LogP contribution in [0.1, 0.15) is 10.8 Å². The van der Waals surface area contributed by atoms with Gasteiger partial charge in [0.1, 0.15) is 6.61 Å². The molecule has 1 aromatic carbocycles. The van der Waals surface area contributed by atoms with Crippen molar-refractivity contribution in [2.24, 2.45) is 0 Å². The molecule has 0 amide bonds. The summed E-state index contributed by atoms with van der Waals surface area (Å²) in [6.45, 7) is 0.697. The SMILES string of the molecule is O=c1[nH]c2ccc(Br)cc2cc1-c1noc(COCCc2ccc(Cl)s2)n1. The van der Waals surface area contributed by atoms with Crippen molar-refractivity contribution in [2.75, 3.05) is 6.61 Å². The molecule has 9 heteroatoms. The van der Waals surface area contributed by atoms with Crippen LogP contribution in [0.2, 0.25) is 4.34 Å². The van der Waals surface area contributed by atoms with Crippen molar-refractivity contribution in [3.63, 3.8) is 0 Å². The third-order valence-electron chi connectivity index (χ3n) is 3.86. The highest BCUT2D eigenvalue weighted by atomic mass is 79.9. The zero-order chi connectivity index (χ0) is 18.8. The van der Waals surface area contributed by atoms with E-state index in [-0.39, 0.29) is 18.0 Å². The predicted octanol–water partition coefficient (Wildman–Crippen LogP) is 4.81. The molecule has 4 rings (SSSR count). The number of ether oxygens (including phenoxy) is 1. The lowest BCUT2D eigenvalue weighted by atomic mass is 10.1. The van der Waals surface area contributed by atoms with Crippen molar-refractivity contribution in [3.05, 3.63) is 66.3 Å². The molecule has 3 aromatic heterocycles. The van der Waals surface area contributed by atoms with Crippen molar-refractivity contribution in [1.82, 2.24) is 15.1 Å². The second-order valence-electron chi connectivity index (χ2n) is 5.76. The second-order valence-corrected chi connectivity index (χ2v) is 8.48. The maximum absolute atomic E-state index is 12.3. The molecule has 138 valence electrons.